The van der Waals surface area contributed by atoms with Crippen LogP contribution in [0.1, 0.15) is 217 Å². The van der Waals surface area contributed by atoms with Crippen LogP contribution in [-0.4, -0.2) is 14.1 Å². The number of aryl methyl sites for hydroxylation is 10. The van der Waals surface area contributed by atoms with Crippen molar-refractivity contribution >= 4 is 21.9 Å². The third-order valence-corrected chi connectivity index (χ3v) is 20.6. The standard InChI is InChI=1S/4C16H16.C11H13N.C10H12N2.6C2H6/c2*1-10-8-14-9-13-6-4-5-7-15(13)16(14)12(3)11(10)2;2*1-10-8-16-14-7-5-4-6-13(14)9-15(16)12(3)11(10)2;1-8-5-4-6-10-7-9(2)12(3)11(8)10;1-7-4-5-11-9-6-8(2)12(3)10(7)9;6*1-2/h4*4-8H,9H2,1-3H3;4-7H,1-3H3;4-6H,1-3H3;6*1-2H3. The fraction of sp³-hybridized carbons (Fsp3) is 0.351. The van der Waals surface area contributed by atoms with Gasteiger partial charge in [-0.3, -0.25) is 4.98 Å². The minimum Gasteiger partial charge on any atom is -0.348 e. The smallest absolute Gasteiger partial charge is 0.0886 e. The molecule has 3 aromatic heterocycles. The normalized spacial score (nSPS) is 10.9. The summed E-state index contributed by atoms with van der Waals surface area (Å²) in [4.78, 5) is 4.30. The van der Waals surface area contributed by atoms with E-state index in [1.807, 2.05) is 95.3 Å². The SMILES string of the molecule is CC.CC.CC.CC.CC.CC.Cc1cc2c(c(C)c1C)-c1ccccc1C2.Cc1cc2c(c(C)c1C)-c1ccccc1C2.Cc1cc2c(c(C)c1C)Cc1ccccc1-2.Cc1cc2c(c(C)c1C)Cc1ccccc1-2.Cc1cccc2cc(C)n(C)c12.Cc1ccnc2cc(C)n(C)c12. The lowest BCUT2D eigenvalue weighted by atomic mass is 9.93. The molecule has 3 heterocycles. The topological polar surface area (TPSA) is 22.8 Å². The number of benzene rings is 9. The zero-order chi connectivity index (χ0) is 74.6. The summed E-state index contributed by atoms with van der Waals surface area (Å²) in [5.74, 6) is 0. The molecule has 0 fully saturated rings. The molecule has 100 heavy (non-hydrogen) atoms. The monoisotopic (exact) mass is 1330 g/mol. The first kappa shape index (κ1) is 81.9. The molecule has 9 aromatic carbocycles. The molecule has 0 atom stereocenters. The number of aromatic nitrogens is 3. The number of nitrogens with zero attached hydrogens (tertiary/aromatic N) is 3. The van der Waals surface area contributed by atoms with Gasteiger partial charge >= 0.3 is 0 Å². The van der Waals surface area contributed by atoms with Crippen LogP contribution >= 0.6 is 0 Å². The summed E-state index contributed by atoms with van der Waals surface area (Å²) in [7, 11) is 4.19. The van der Waals surface area contributed by atoms with Gasteiger partial charge in [0.1, 0.15) is 0 Å². The molecule has 3 heteroatoms. The van der Waals surface area contributed by atoms with Gasteiger partial charge < -0.3 is 9.13 Å². The maximum absolute atomic E-state index is 4.30. The van der Waals surface area contributed by atoms with Crippen LogP contribution in [0.5, 0.6) is 0 Å². The highest BCUT2D eigenvalue weighted by atomic mass is 15.0. The van der Waals surface area contributed by atoms with E-state index in [9.17, 15) is 0 Å². The first-order chi connectivity index (χ1) is 48.1. The van der Waals surface area contributed by atoms with Crippen LogP contribution in [0, 0.1) is 111 Å². The van der Waals surface area contributed by atoms with Crippen LogP contribution in [0.4, 0.5) is 0 Å². The van der Waals surface area contributed by atoms with E-state index in [-0.39, 0.29) is 0 Å². The van der Waals surface area contributed by atoms with Crippen molar-refractivity contribution < 1.29 is 0 Å². The lowest BCUT2D eigenvalue weighted by molar-refractivity contribution is 0.914. The van der Waals surface area contributed by atoms with E-state index in [0.29, 0.717) is 0 Å². The number of pyridine rings is 1. The molecule has 4 aliphatic rings. The van der Waals surface area contributed by atoms with Crippen molar-refractivity contribution in [2.45, 2.75) is 220 Å². The van der Waals surface area contributed by atoms with E-state index in [0.717, 1.165) is 31.2 Å². The van der Waals surface area contributed by atoms with Gasteiger partial charge in [0, 0.05) is 37.1 Å². The van der Waals surface area contributed by atoms with Crippen LogP contribution in [-0.2, 0) is 39.8 Å². The third-order valence-electron chi connectivity index (χ3n) is 20.6. The van der Waals surface area contributed by atoms with Crippen molar-refractivity contribution in [2.75, 3.05) is 0 Å². The van der Waals surface area contributed by atoms with Crippen molar-refractivity contribution in [3.05, 3.63) is 298 Å². The highest BCUT2D eigenvalue weighted by Crippen LogP contribution is 2.44. The van der Waals surface area contributed by atoms with Crippen LogP contribution in [0.25, 0.3) is 66.4 Å². The molecule has 16 rings (SSSR count). The Morgan fingerprint density at radius 2 is 0.590 bits per heavy atom. The van der Waals surface area contributed by atoms with E-state index < -0.39 is 0 Å². The maximum Gasteiger partial charge on any atom is 0.0886 e. The lowest BCUT2D eigenvalue weighted by Crippen LogP contribution is -1.93. The Balaban J connectivity index is 0.000000210. The zero-order valence-electron chi connectivity index (χ0n) is 67.8. The fourth-order valence-corrected chi connectivity index (χ4v) is 14.4. The Bertz CT molecular complexity index is 4400. The van der Waals surface area contributed by atoms with Crippen LogP contribution in [0.2, 0.25) is 0 Å². The molecule has 0 saturated carbocycles. The third kappa shape index (κ3) is 17.5. The number of hydrogen-bond donors (Lipinski definition) is 0. The summed E-state index contributed by atoms with van der Waals surface area (Å²) in [6.45, 7) is 59.3. The summed E-state index contributed by atoms with van der Waals surface area (Å²) >= 11 is 0. The molecule has 0 amide bonds. The Morgan fingerprint density at radius 3 is 0.980 bits per heavy atom. The largest absolute Gasteiger partial charge is 0.348 e. The van der Waals surface area contributed by atoms with Crippen molar-refractivity contribution in [3.63, 3.8) is 0 Å². The Morgan fingerprint density at radius 1 is 0.260 bits per heavy atom. The van der Waals surface area contributed by atoms with Crippen molar-refractivity contribution in [2.24, 2.45) is 14.1 Å². The molecule has 12 aromatic rings. The first-order valence-corrected chi connectivity index (χ1v) is 37.7. The lowest BCUT2D eigenvalue weighted by Gasteiger charge is -2.11. The number of rotatable bonds is 0. The van der Waals surface area contributed by atoms with Gasteiger partial charge in [-0.15, -0.1) is 0 Å². The van der Waals surface area contributed by atoms with Gasteiger partial charge in [-0.05, 0) is 322 Å². The predicted octanol–water partition coefficient (Wildman–Crippen LogP) is 27.9. The van der Waals surface area contributed by atoms with Gasteiger partial charge in [-0.25, -0.2) is 0 Å². The van der Waals surface area contributed by atoms with E-state index in [1.165, 1.54) is 195 Å². The quantitative estimate of drug-likeness (QED) is 0.148. The van der Waals surface area contributed by atoms with E-state index in [4.69, 9.17) is 0 Å². The van der Waals surface area contributed by atoms with Crippen molar-refractivity contribution in [3.8, 4) is 44.5 Å². The molecular weight excluding hydrogens is 1210 g/mol. The van der Waals surface area contributed by atoms with Crippen LogP contribution in [0.15, 0.2) is 164 Å². The highest BCUT2D eigenvalue weighted by molar-refractivity contribution is 5.86. The molecule has 3 nitrogen and oxygen atoms in total. The molecule has 0 aliphatic heterocycles. The number of para-hydroxylation sites is 1. The molecule has 528 valence electrons. The van der Waals surface area contributed by atoms with Crippen molar-refractivity contribution in [1.29, 1.82) is 0 Å². The van der Waals surface area contributed by atoms with Gasteiger partial charge in [-0.1, -0.05) is 223 Å². The molecule has 0 spiro atoms. The second-order valence-corrected chi connectivity index (χ2v) is 25.8. The first-order valence-electron chi connectivity index (χ1n) is 37.7. The van der Waals surface area contributed by atoms with E-state index in [2.05, 4.69) is 291 Å². The summed E-state index contributed by atoms with van der Waals surface area (Å²) in [5, 5.41) is 1.34. The van der Waals surface area contributed by atoms with E-state index in [1.54, 1.807) is 0 Å². The molecule has 0 N–H and O–H groups in total. The van der Waals surface area contributed by atoms with Crippen LogP contribution < -0.4 is 0 Å². The van der Waals surface area contributed by atoms with Gasteiger partial charge in [0.2, 0.25) is 0 Å². The Hall–Kier alpha value is -8.79. The van der Waals surface area contributed by atoms with Gasteiger partial charge in [-0.2, -0.15) is 0 Å². The second-order valence-electron chi connectivity index (χ2n) is 25.8. The summed E-state index contributed by atoms with van der Waals surface area (Å²) < 4.78 is 4.42. The number of hydrogen-bond acceptors (Lipinski definition) is 1. The molecule has 0 unspecified atom stereocenters. The molecular formula is C97H125N3. The second kappa shape index (κ2) is 38.1. The predicted molar refractivity (Wildman–Crippen MR) is 446 cm³/mol. The average molecular weight is 1330 g/mol. The molecule has 4 aliphatic carbocycles. The zero-order valence-corrected chi connectivity index (χ0v) is 67.8. The average Bonchev–Trinajstić information content (AvgIpc) is 1.58. The van der Waals surface area contributed by atoms with E-state index >= 15 is 0 Å². The highest BCUT2D eigenvalue weighted by Gasteiger charge is 2.25. The molecule has 0 radical (unpaired) electrons. The van der Waals surface area contributed by atoms with Crippen molar-refractivity contribution in [1.82, 2.24) is 14.1 Å². The summed E-state index contributed by atoms with van der Waals surface area (Å²) in [5.41, 5.74) is 49.8. The Kier molecular flexibility index (Phi) is 31.2. The minimum absolute atomic E-state index is 1.09. The van der Waals surface area contributed by atoms with Crippen LogP contribution in [0.3, 0.4) is 0 Å². The maximum atomic E-state index is 4.30. The van der Waals surface area contributed by atoms with Gasteiger partial charge in [0.05, 0.1) is 16.6 Å². The minimum atomic E-state index is 1.09. The summed E-state index contributed by atoms with van der Waals surface area (Å²) in [6, 6.07) is 57.3. The summed E-state index contributed by atoms with van der Waals surface area (Å²) in [6.07, 6.45) is 6.29. The molecule has 0 bridgehead atoms. The number of fused-ring (bicyclic) bond motifs is 14. The fourth-order valence-electron chi connectivity index (χ4n) is 14.4. The van der Waals surface area contributed by atoms with Gasteiger partial charge in [0.25, 0.3) is 0 Å². The molecule has 0 saturated heterocycles. The Labute approximate surface area is 608 Å². The van der Waals surface area contributed by atoms with Gasteiger partial charge in [0.15, 0.2) is 0 Å².